The van der Waals surface area contributed by atoms with Crippen LogP contribution < -0.4 is 0 Å². The zero-order chi connectivity index (χ0) is 21.7. The van der Waals surface area contributed by atoms with E-state index in [9.17, 15) is 21.6 Å². The minimum Gasteiger partial charge on any atom is -0.475 e. The Labute approximate surface area is 166 Å². The third-order valence-electron chi connectivity index (χ3n) is 4.66. The molecule has 2 fully saturated rings. The van der Waals surface area contributed by atoms with Crippen molar-refractivity contribution in [2.75, 3.05) is 18.9 Å². The Hall–Kier alpha value is -1.76. The largest absolute Gasteiger partial charge is 0.490 e. The van der Waals surface area contributed by atoms with Gasteiger partial charge in [0.25, 0.3) is 0 Å². The van der Waals surface area contributed by atoms with E-state index >= 15 is 0 Å². The maximum Gasteiger partial charge on any atom is 0.490 e. The highest BCUT2D eigenvalue weighted by molar-refractivity contribution is 7.89. The van der Waals surface area contributed by atoms with Gasteiger partial charge in [-0.3, -0.25) is 4.98 Å². The summed E-state index contributed by atoms with van der Waals surface area (Å²) < 4.78 is 69.6. The molecule has 1 aliphatic carbocycles. The molecule has 29 heavy (non-hydrogen) atoms. The van der Waals surface area contributed by atoms with Gasteiger partial charge in [0.2, 0.25) is 10.0 Å². The van der Waals surface area contributed by atoms with Crippen molar-refractivity contribution in [2.24, 2.45) is 0 Å². The number of carbonyl (C=O) groups is 1. The highest BCUT2D eigenvalue weighted by atomic mass is 32.2. The lowest BCUT2D eigenvalue weighted by atomic mass is 10.1. The van der Waals surface area contributed by atoms with Crippen LogP contribution in [0.4, 0.5) is 13.2 Å². The normalized spacial score (nSPS) is 25.0. The first-order chi connectivity index (χ1) is 13.6. The van der Waals surface area contributed by atoms with Gasteiger partial charge in [0.15, 0.2) is 0 Å². The molecule has 2 aliphatic rings. The first-order valence-corrected chi connectivity index (χ1v) is 10.6. The summed E-state index contributed by atoms with van der Waals surface area (Å²) in [7, 11) is -3.18. The lowest BCUT2D eigenvalue weighted by Gasteiger charge is -2.37. The van der Waals surface area contributed by atoms with Gasteiger partial charge >= 0.3 is 12.1 Å². The second-order valence-electron chi connectivity index (χ2n) is 6.50. The number of alkyl halides is 3. The Kier molecular flexibility index (Phi) is 7.97. The number of fused-ring (bicyclic) bond motifs is 1. The summed E-state index contributed by atoms with van der Waals surface area (Å²) in [5.74, 6) is -2.62. The monoisotopic (exact) mass is 440 g/mol. The van der Waals surface area contributed by atoms with E-state index in [0.29, 0.717) is 19.8 Å². The van der Waals surface area contributed by atoms with Crippen LogP contribution in [0.2, 0.25) is 0 Å². The first kappa shape index (κ1) is 23.5. The van der Waals surface area contributed by atoms with Gasteiger partial charge in [0.05, 0.1) is 31.1 Å². The summed E-state index contributed by atoms with van der Waals surface area (Å²) in [5.41, 5.74) is 1.06. The molecular weight excluding hydrogens is 417 g/mol. The molecule has 12 heteroatoms. The number of ether oxygens (including phenoxy) is 2. The maximum atomic E-state index is 12.2. The van der Waals surface area contributed by atoms with Gasteiger partial charge in [0, 0.05) is 18.9 Å². The molecule has 1 aromatic heterocycles. The van der Waals surface area contributed by atoms with E-state index in [-0.39, 0.29) is 24.0 Å². The predicted molar refractivity (Wildman–Crippen MR) is 95.4 cm³/mol. The number of halogens is 3. The molecule has 164 valence electrons. The molecule has 0 amide bonds. The Balaban J connectivity index is 0.000000370. The number of carboxylic acids is 1. The van der Waals surface area contributed by atoms with Gasteiger partial charge in [0.1, 0.15) is 6.10 Å². The zero-order valence-corrected chi connectivity index (χ0v) is 16.5. The van der Waals surface area contributed by atoms with Crippen molar-refractivity contribution >= 4 is 16.0 Å². The molecule has 0 bridgehead atoms. The Morgan fingerprint density at radius 3 is 2.52 bits per heavy atom. The van der Waals surface area contributed by atoms with Crippen molar-refractivity contribution in [2.45, 2.75) is 50.8 Å². The molecule has 1 aliphatic heterocycles. The SMILES string of the molecule is CCS(=O)(=O)N1CCO[C@H]2[C@H](OCc3ccncc3)CC[C@@H]21.O=C(O)C(F)(F)F. The molecule has 2 heterocycles. The van der Waals surface area contributed by atoms with Crippen LogP contribution >= 0.6 is 0 Å². The minimum absolute atomic E-state index is 0.0481. The number of nitrogens with zero attached hydrogens (tertiary/aromatic N) is 2. The molecule has 8 nitrogen and oxygen atoms in total. The van der Waals surface area contributed by atoms with Crippen molar-refractivity contribution < 1.29 is 41.0 Å². The first-order valence-electron chi connectivity index (χ1n) is 8.98. The standard InChI is InChI=1S/C15H22N2O4S.C2HF3O2/c1-2-22(18,19)17-9-10-20-15-13(17)3-4-14(15)21-11-12-5-7-16-8-6-12;3-2(4,5)1(6)7/h5-8,13-15H,2-4,9-11H2,1H3;(H,6,7)/t13-,14+,15+;/m0./s1. The number of hydrogen-bond donors (Lipinski definition) is 1. The smallest absolute Gasteiger partial charge is 0.475 e. The molecule has 0 aromatic carbocycles. The fourth-order valence-electron chi connectivity index (χ4n) is 3.25. The van der Waals surface area contributed by atoms with Crippen molar-refractivity contribution in [1.82, 2.24) is 9.29 Å². The van der Waals surface area contributed by atoms with E-state index in [4.69, 9.17) is 19.4 Å². The second kappa shape index (κ2) is 9.83. The van der Waals surface area contributed by atoms with Gasteiger partial charge in [-0.2, -0.15) is 17.5 Å². The van der Waals surface area contributed by atoms with Crippen LogP contribution in [0.3, 0.4) is 0 Å². The van der Waals surface area contributed by atoms with Crippen LogP contribution in [0.25, 0.3) is 0 Å². The third-order valence-corrected chi connectivity index (χ3v) is 6.56. The highest BCUT2D eigenvalue weighted by Crippen LogP contribution is 2.34. The molecule has 0 radical (unpaired) electrons. The summed E-state index contributed by atoms with van der Waals surface area (Å²) in [4.78, 5) is 12.9. The van der Waals surface area contributed by atoms with Gasteiger partial charge in [-0.1, -0.05) is 0 Å². The second-order valence-corrected chi connectivity index (χ2v) is 8.71. The summed E-state index contributed by atoms with van der Waals surface area (Å²) >= 11 is 0. The van der Waals surface area contributed by atoms with Gasteiger partial charge in [-0.15, -0.1) is 0 Å². The summed E-state index contributed by atoms with van der Waals surface area (Å²) in [6, 6.07) is 3.76. The van der Waals surface area contributed by atoms with Crippen LogP contribution in [0.5, 0.6) is 0 Å². The van der Waals surface area contributed by atoms with Crippen molar-refractivity contribution in [3.63, 3.8) is 0 Å². The van der Waals surface area contributed by atoms with Crippen molar-refractivity contribution in [1.29, 1.82) is 0 Å². The van der Waals surface area contributed by atoms with E-state index in [0.717, 1.165) is 18.4 Å². The van der Waals surface area contributed by atoms with Gasteiger partial charge in [-0.05, 0) is 37.5 Å². The fourth-order valence-corrected chi connectivity index (χ4v) is 4.58. The lowest BCUT2D eigenvalue weighted by Crippen LogP contribution is -2.54. The van der Waals surface area contributed by atoms with E-state index in [1.54, 1.807) is 23.6 Å². The molecule has 1 saturated carbocycles. The minimum atomic E-state index is -5.08. The Bertz CT molecular complexity index is 775. The average Bonchev–Trinajstić information content (AvgIpc) is 3.10. The number of carboxylic acid groups (broad SMARTS) is 1. The van der Waals surface area contributed by atoms with Crippen LogP contribution in [0.15, 0.2) is 24.5 Å². The quantitative estimate of drug-likeness (QED) is 0.744. The molecule has 1 saturated heterocycles. The molecule has 0 unspecified atom stereocenters. The van der Waals surface area contributed by atoms with E-state index in [1.165, 1.54) is 0 Å². The maximum absolute atomic E-state index is 12.2. The highest BCUT2D eigenvalue weighted by Gasteiger charge is 2.46. The number of morpholine rings is 1. The molecule has 1 N–H and O–H groups in total. The fraction of sp³-hybridized carbons (Fsp3) is 0.647. The number of aliphatic carboxylic acids is 1. The van der Waals surface area contributed by atoms with E-state index < -0.39 is 22.2 Å². The molecular formula is C17H23F3N2O6S. The van der Waals surface area contributed by atoms with E-state index in [2.05, 4.69) is 4.98 Å². The van der Waals surface area contributed by atoms with Crippen molar-refractivity contribution in [3.8, 4) is 0 Å². The van der Waals surface area contributed by atoms with E-state index in [1.807, 2.05) is 12.1 Å². The van der Waals surface area contributed by atoms with Crippen molar-refractivity contribution in [3.05, 3.63) is 30.1 Å². The number of sulfonamides is 1. The summed E-state index contributed by atoms with van der Waals surface area (Å²) in [5, 5.41) is 7.12. The summed E-state index contributed by atoms with van der Waals surface area (Å²) in [6.45, 7) is 3.08. The predicted octanol–water partition coefficient (Wildman–Crippen LogP) is 1.81. The van der Waals surface area contributed by atoms with Crippen LogP contribution in [-0.2, 0) is 30.9 Å². The zero-order valence-electron chi connectivity index (χ0n) is 15.7. The van der Waals surface area contributed by atoms with Crippen LogP contribution in [0, 0.1) is 0 Å². The van der Waals surface area contributed by atoms with Gasteiger partial charge in [-0.25, -0.2) is 13.2 Å². The molecule has 1 aromatic rings. The summed E-state index contributed by atoms with van der Waals surface area (Å²) in [6.07, 6.45) is -0.183. The molecule has 3 atom stereocenters. The Morgan fingerprint density at radius 1 is 1.34 bits per heavy atom. The average molecular weight is 440 g/mol. The number of hydrogen-bond acceptors (Lipinski definition) is 6. The third kappa shape index (κ3) is 6.36. The van der Waals surface area contributed by atoms with Gasteiger partial charge < -0.3 is 14.6 Å². The van der Waals surface area contributed by atoms with Crippen LogP contribution in [-0.4, -0.2) is 72.1 Å². The lowest BCUT2D eigenvalue weighted by molar-refractivity contribution is -0.192. The topological polar surface area (TPSA) is 106 Å². The number of rotatable bonds is 5. The Morgan fingerprint density at radius 2 is 1.97 bits per heavy atom. The number of aromatic nitrogens is 1. The number of pyridine rings is 1. The molecule has 0 spiro atoms. The molecule has 3 rings (SSSR count). The van der Waals surface area contributed by atoms with Crippen LogP contribution in [0.1, 0.15) is 25.3 Å².